The average molecular weight is 742 g/mol. The minimum atomic E-state index is -4.15. The highest BCUT2D eigenvalue weighted by atomic mass is 32.5. The summed E-state index contributed by atoms with van der Waals surface area (Å²) in [7, 11) is 0. The fraction of sp³-hybridized carbons (Fsp3) is 0.520. The molecule has 0 saturated carbocycles. The van der Waals surface area contributed by atoms with E-state index >= 15 is 0 Å². The minimum Gasteiger partial charge on any atom is -0.387 e. The first-order chi connectivity index (χ1) is 23.1. The minimum absolute atomic E-state index is 0.337. The molecule has 256 valence electrons. The molecule has 0 radical (unpaired) electrons. The lowest BCUT2D eigenvalue weighted by molar-refractivity contribution is -0.0606. The molecule has 0 aliphatic carbocycles. The van der Waals surface area contributed by atoms with E-state index < -0.39 is 75.7 Å². The van der Waals surface area contributed by atoms with Gasteiger partial charge in [-0.3, -0.25) is 18.2 Å². The fourth-order valence-corrected chi connectivity index (χ4v) is 8.98. The van der Waals surface area contributed by atoms with Crippen molar-refractivity contribution in [3.05, 3.63) is 43.2 Å². The smallest absolute Gasteiger partial charge is 0.325 e. The van der Waals surface area contributed by atoms with Gasteiger partial charge in [0.1, 0.15) is 54.8 Å². The maximum atomic E-state index is 11.5. The van der Waals surface area contributed by atoms with Crippen LogP contribution in [-0.4, -0.2) is 115 Å². The number of fused-ring (bicyclic) bond motifs is 7. The molecule has 4 aliphatic heterocycles. The van der Waals surface area contributed by atoms with Crippen LogP contribution in [0.1, 0.15) is 24.6 Å². The highest BCUT2D eigenvalue weighted by molar-refractivity contribution is 8.07. The van der Waals surface area contributed by atoms with Gasteiger partial charge in [0.25, 0.3) is 0 Å². The summed E-state index contributed by atoms with van der Waals surface area (Å²) in [4.78, 5) is 48.8. The van der Waals surface area contributed by atoms with Gasteiger partial charge in [-0.1, -0.05) is 12.2 Å². The van der Waals surface area contributed by atoms with E-state index in [1.807, 2.05) is 12.2 Å². The zero-order valence-electron chi connectivity index (χ0n) is 24.6. The number of hydrogen-bond acceptors (Lipinski definition) is 17. The Bertz CT molecular complexity index is 1980. The van der Waals surface area contributed by atoms with Gasteiger partial charge < -0.3 is 43.8 Å². The molecule has 4 aromatic rings. The lowest BCUT2D eigenvalue weighted by atomic mass is 10.1. The van der Waals surface area contributed by atoms with Crippen molar-refractivity contribution in [2.45, 2.75) is 61.9 Å². The summed E-state index contributed by atoms with van der Waals surface area (Å²) in [6.45, 7) is -8.76. The molecule has 4 aliphatic rings. The summed E-state index contributed by atoms with van der Waals surface area (Å²) < 4.78 is 38.4. The first-order valence-corrected chi connectivity index (χ1v) is 20.0. The zero-order valence-corrected chi connectivity index (χ0v) is 28.1. The summed E-state index contributed by atoms with van der Waals surface area (Å²) in [6, 6.07) is 0. The second-order valence-corrected chi connectivity index (χ2v) is 16.9. The van der Waals surface area contributed by atoms with Gasteiger partial charge >= 0.3 is 13.4 Å². The van der Waals surface area contributed by atoms with Gasteiger partial charge in [-0.15, -0.1) is 0 Å². The summed E-state index contributed by atoms with van der Waals surface area (Å²) >= 11 is 10.7. The number of nitrogens with zero attached hydrogens (tertiary/aromatic N) is 8. The maximum absolute atomic E-state index is 11.5. The number of nitrogens with one attached hydrogen (secondary N) is 1. The summed E-state index contributed by atoms with van der Waals surface area (Å²) in [6.07, 6.45) is 0.672. The summed E-state index contributed by atoms with van der Waals surface area (Å²) in [5.41, 5.74) is 2.32. The van der Waals surface area contributed by atoms with E-state index in [9.17, 15) is 20.0 Å². The molecular formula is C25H29N9O10P2S2. The molecule has 23 heteroatoms. The lowest BCUT2D eigenvalue weighted by Crippen LogP contribution is -2.36. The van der Waals surface area contributed by atoms with Crippen LogP contribution in [0.5, 0.6) is 0 Å². The number of imidazole rings is 2. The molecule has 19 nitrogen and oxygen atoms in total. The van der Waals surface area contributed by atoms with Crippen LogP contribution < -0.4 is 5.32 Å². The van der Waals surface area contributed by atoms with Crippen LogP contribution >= 0.6 is 13.4 Å². The van der Waals surface area contributed by atoms with Gasteiger partial charge in [-0.05, 0) is 36.5 Å². The Labute approximate surface area is 281 Å². The molecule has 5 N–H and O–H groups in total. The van der Waals surface area contributed by atoms with Gasteiger partial charge in [0.15, 0.2) is 35.1 Å². The number of anilines is 1. The van der Waals surface area contributed by atoms with Crippen LogP contribution in [0.4, 0.5) is 5.82 Å². The van der Waals surface area contributed by atoms with Crippen LogP contribution in [0.15, 0.2) is 37.5 Å². The van der Waals surface area contributed by atoms with Gasteiger partial charge in [0, 0.05) is 6.54 Å². The number of aliphatic hydroxyl groups excluding tert-OH is 2. The van der Waals surface area contributed by atoms with Gasteiger partial charge in [-0.2, -0.15) is 0 Å². The molecular weight excluding hydrogens is 712 g/mol. The van der Waals surface area contributed by atoms with Crippen molar-refractivity contribution >= 4 is 65.2 Å². The van der Waals surface area contributed by atoms with Crippen molar-refractivity contribution in [3.63, 3.8) is 0 Å². The van der Waals surface area contributed by atoms with Crippen LogP contribution in [0, 0.1) is 0 Å². The molecule has 0 aromatic carbocycles. The molecule has 3 unspecified atom stereocenters. The van der Waals surface area contributed by atoms with Crippen molar-refractivity contribution in [2.24, 2.45) is 0 Å². The Balaban J connectivity index is 1.23. The first-order valence-electron chi connectivity index (χ1n) is 14.8. The molecule has 8 heterocycles. The predicted molar refractivity (Wildman–Crippen MR) is 171 cm³/mol. The largest absolute Gasteiger partial charge is 0.387 e. The van der Waals surface area contributed by atoms with E-state index in [1.54, 1.807) is 0 Å². The molecule has 48 heavy (non-hydrogen) atoms. The maximum Gasteiger partial charge on any atom is 0.325 e. The number of aromatic nitrogens is 8. The van der Waals surface area contributed by atoms with E-state index in [4.69, 9.17) is 51.2 Å². The third-order valence-corrected chi connectivity index (χ3v) is 11.5. The second kappa shape index (κ2) is 12.7. The van der Waals surface area contributed by atoms with E-state index in [1.165, 1.54) is 34.4 Å². The van der Waals surface area contributed by atoms with Crippen LogP contribution in [-0.2, 0) is 57.6 Å². The number of rotatable bonds is 0. The monoisotopic (exact) mass is 741 g/mol. The zero-order chi connectivity index (χ0) is 33.2. The third kappa shape index (κ3) is 6.01. The number of aliphatic hydroxyl groups is 2. The quantitative estimate of drug-likeness (QED) is 0.121. The van der Waals surface area contributed by atoms with Crippen molar-refractivity contribution in [2.75, 3.05) is 25.1 Å². The van der Waals surface area contributed by atoms with E-state index in [0.29, 0.717) is 53.2 Å². The lowest BCUT2D eigenvalue weighted by Gasteiger charge is -2.28. The number of aryl methyl sites for hydroxylation is 1. The van der Waals surface area contributed by atoms with E-state index in [0.717, 1.165) is 0 Å². The first kappa shape index (κ1) is 32.7. The fourth-order valence-electron chi connectivity index (χ4n) is 6.12. The van der Waals surface area contributed by atoms with Gasteiger partial charge in [0.05, 0.1) is 31.6 Å². The molecule has 3 saturated heterocycles. The van der Waals surface area contributed by atoms with Crippen molar-refractivity contribution in [1.29, 1.82) is 0 Å². The average Bonchev–Trinajstić information content (AvgIpc) is 3.81. The van der Waals surface area contributed by atoms with Crippen molar-refractivity contribution in [3.8, 4) is 0 Å². The Morgan fingerprint density at radius 1 is 0.750 bits per heavy atom. The molecule has 3 fully saturated rings. The molecule has 10 atom stereocenters. The van der Waals surface area contributed by atoms with Crippen molar-refractivity contribution < 1.29 is 47.6 Å². The molecule has 8 rings (SSSR count). The van der Waals surface area contributed by atoms with Crippen LogP contribution in [0.2, 0.25) is 0 Å². The van der Waals surface area contributed by atoms with E-state index in [2.05, 4.69) is 35.2 Å². The summed E-state index contributed by atoms with van der Waals surface area (Å²) in [5, 5.41) is 26.0. The standard InChI is InChI=1S/C25H29N9O10P2S2/c35-17-13-6-39-45(37,47)43-19-14-7-40-46(38,48)44-20(17)25(41-13)34-10-31-15-12(27-8-29-22(15)34)4-2-1-3-5-26-21-16-23(30-9-28-21)33(11-32-16)24(42-14)18(19)36/h1,3,8-11,13-14,17-20,24-25,35-36H,2,4-7H2,(H,37,47)(H,38,48)(H,26,28,30)/b3-1+/t13-,14-,17-,18-,19-,20-,24?,25-,45?,46?/m1/s1. The highest BCUT2D eigenvalue weighted by Gasteiger charge is 2.52. The van der Waals surface area contributed by atoms with Crippen LogP contribution in [0.25, 0.3) is 22.3 Å². The Hall–Kier alpha value is -2.46. The van der Waals surface area contributed by atoms with Gasteiger partial charge in [0.2, 0.25) is 0 Å². The molecule has 12 bridgehead atoms. The molecule has 0 amide bonds. The second-order valence-electron chi connectivity index (χ2n) is 11.4. The number of allylic oxidation sites excluding steroid dienone is 1. The van der Waals surface area contributed by atoms with Crippen molar-refractivity contribution in [1.82, 2.24) is 39.0 Å². The Kier molecular flexibility index (Phi) is 8.66. The number of hydrogen-bond donors (Lipinski definition) is 5. The van der Waals surface area contributed by atoms with Crippen LogP contribution in [0.3, 0.4) is 0 Å². The number of ether oxygens (including phenoxy) is 2. The normalized spacial score (nSPS) is 38.2. The highest BCUT2D eigenvalue weighted by Crippen LogP contribution is 2.54. The predicted octanol–water partition coefficient (Wildman–Crippen LogP) is 0.348. The van der Waals surface area contributed by atoms with E-state index in [-0.39, 0.29) is 0 Å². The third-order valence-electron chi connectivity index (χ3n) is 8.38. The van der Waals surface area contributed by atoms with Gasteiger partial charge in [-0.25, -0.2) is 29.9 Å². The summed E-state index contributed by atoms with van der Waals surface area (Å²) in [5.74, 6) is 0.453. The Morgan fingerprint density at radius 3 is 2.19 bits per heavy atom. The molecule has 0 spiro atoms. The SMILES string of the molecule is O[C@H]1[C@H]2OP(O)(=S)OC[C@H]3OC4[C@H](O)[C@@H]3OP(O)(=S)OC[C@H]1O[C@H]2n1cnc2c(ncnc21)CC/C=C/CNc1ncnc2c1ncn24. The topological polar surface area (TPSA) is 236 Å². The molecule has 4 aromatic heterocycles. The Morgan fingerprint density at radius 2 is 1.40 bits per heavy atom.